The van der Waals surface area contributed by atoms with Gasteiger partial charge in [0.15, 0.2) is 0 Å². The minimum atomic E-state index is 0.0329. The SMILES string of the molecule is COc1cc(N)ccc1-c1ccc(/C=C/C(=O)N2CCCC2)o1. The fourth-order valence-electron chi connectivity index (χ4n) is 2.69. The molecule has 1 aromatic heterocycles. The van der Waals surface area contributed by atoms with E-state index < -0.39 is 0 Å². The molecule has 1 amide bonds. The summed E-state index contributed by atoms with van der Waals surface area (Å²) in [6.07, 6.45) is 5.44. The van der Waals surface area contributed by atoms with Gasteiger partial charge in [-0.15, -0.1) is 0 Å². The maximum atomic E-state index is 12.0. The average Bonchev–Trinajstić information content (AvgIpc) is 3.24. The number of hydrogen-bond acceptors (Lipinski definition) is 4. The van der Waals surface area contributed by atoms with Gasteiger partial charge in [-0.3, -0.25) is 4.79 Å². The molecule has 2 aromatic rings. The Kier molecular flexibility index (Phi) is 4.37. The lowest BCUT2D eigenvalue weighted by molar-refractivity contribution is -0.124. The van der Waals surface area contributed by atoms with Crippen molar-refractivity contribution in [3.63, 3.8) is 0 Å². The number of rotatable bonds is 4. The smallest absolute Gasteiger partial charge is 0.246 e. The lowest BCUT2D eigenvalue weighted by atomic mass is 10.1. The van der Waals surface area contributed by atoms with Gasteiger partial charge in [0.25, 0.3) is 0 Å². The van der Waals surface area contributed by atoms with Crippen LogP contribution in [0.5, 0.6) is 5.75 Å². The van der Waals surface area contributed by atoms with Crippen LogP contribution in [0.2, 0.25) is 0 Å². The summed E-state index contributed by atoms with van der Waals surface area (Å²) >= 11 is 0. The van der Waals surface area contributed by atoms with Crippen LogP contribution < -0.4 is 10.5 Å². The van der Waals surface area contributed by atoms with Crippen LogP contribution in [0, 0.1) is 0 Å². The van der Waals surface area contributed by atoms with Gasteiger partial charge in [-0.05, 0) is 43.2 Å². The maximum absolute atomic E-state index is 12.0. The molecule has 1 aromatic carbocycles. The number of nitrogens with zero attached hydrogens (tertiary/aromatic N) is 1. The molecule has 1 saturated heterocycles. The van der Waals surface area contributed by atoms with Crippen molar-refractivity contribution in [2.45, 2.75) is 12.8 Å². The number of likely N-dealkylation sites (tertiary alicyclic amines) is 1. The second-order valence-corrected chi connectivity index (χ2v) is 5.53. The summed E-state index contributed by atoms with van der Waals surface area (Å²) in [7, 11) is 1.59. The highest BCUT2D eigenvalue weighted by Crippen LogP contribution is 2.33. The molecule has 1 aliphatic rings. The lowest BCUT2D eigenvalue weighted by Gasteiger charge is -2.11. The molecule has 5 nitrogen and oxygen atoms in total. The standard InChI is InChI=1S/C18H20N2O3/c1-22-17-12-13(19)4-7-15(17)16-8-5-14(23-16)6-9-18(21)20-10-2-3-11-20/h4-9,12H,2-3,10-11,19H2,1H3/b9-6+. The third-order valence-electron chi connectivity index (χ3n) is 3.93. The summed E-state index contributed by atoms with van der Waals surface area (Å²) < 4.78 is 11.1. The minimum Gasteiger partial charge on any atom is -0.496 e. The molecule has 0 bridgehead atoms. The second kappa shape index (κ2) is 6.60. The van der Waals surface area contributed by atoms with E-state index in [1.165, 1.54) is 0 Å². The molecule has 2 N–H and O–H groups in total. The van der Waals surface area contributed by atoms with E-state index in [1.807, 2.05) is 23.1 Å². The fourth-order valence-corrected chi connectivity index (χ4v) is 2.69. The number of furan rings is 1. The molecule has 3 rings (SSSR count). The summed E-state index contributed by atoms with van der Waals surface area (Å²) in [5.74, 6) is 2.00. The lowest BCUT2D eigenvalue weighted by Crippen LogP contribution is -2.25. The van der Waals surface area contributed by atoms with Gasteiger partial charge in [-0.2, -0.15) is 0 Å². The van der Waals surface area contributed by atoms with Gasteiger partial charge in [-0.25, -0.2) is 0 Å². The number of carbonyl (C=O) groups is 1. The van der Waals surface area contributed by atoms with Crippen molar-refractivity contribution >= 4 is 17.7 Å². The van der Waals surface area contributed by atoms with Crippen LogP contribution in [0.25, 0.3) is 17.4 Å². The first-order valence-corrected chi connectivity index (χ1v) is 7.68. The molecular weight excluding hydrogens is 292 g/mol. The molecule has 1 aliphatic heterocycles. The van der Waals surface area contributed by atoms with E-state index in [4.69, 9.17) is 14.9 Å². The molecule has 0 unspecified atom stereocenters. The van der Waals surface area contributed by atoms with Gasteiger partial charge in [0.2, 0.25) is 5.91 Å². The van der Waals surface area contributed by atoms with Crippen LogP contribution in [0.15, 0.2) is 40.8 Å². The molecule has 120 valence electrons. The minimum absolute atomic E-state index is 0.0329. The number of nitrogen functional groups attached to an aromatic ring is 1. The van der Waals surface area contributed by atoms with E-state index in [-0.39, 0.29) is 5.91 Å². The highest BCUT2D eigenvalue weighted by atomic mass is 16.5. The Balaban J connectivity index is 1.76. The van der Waals surface area contributed by atoms with Crippen LogP contribution in [0.3, 0.4) is 0 Å². The van der Waals surface area contributed by atoms with Crippen molar-refractivity contribution < 1.29 is 13.9 Å². The molecule has 1 fully saturated rings. The van der Waals surface area contributed by atoms with Crippen molar-refractivity contribution in [2.75, 3.05) is 25.9 Å². The molecular formula is C18H20N2O3. The number of methoxy groups -OCH3 is 1. The Morgan fingerprint density at radius 1 is 1.26 bits per heavy atom. The number of benzene rings is 1. The monoisotopic (exact) mass is 312 g/mol. The van der Waals surface area contributed by atoms with E-state index >= 15 is 0 Å². The number of ether oxygens (including phenoxy) is 1. The van der Waals surface area contributed by atoms with Gasteiger partial charge in [0, 0.05) is 30.9 Å². The van der Waals surface area contributed by atoms with Gasteiger partial charge < -0.3 is 19.8 Å². The van der Waals surface area contributed by atoms with Gasteiger partial charge in [0.05, 0.1) is 12.7 Å². The summed E-state index contributed by atoms with van der Waals surface area (Å²) in [5, 5.41) is 0. The van der Waals surface area contributed by atoms with E-state index in [9.17, 15) is 4.79 Å². The highest BCUT2D eigenvalue weighted by Gasteiger charge is 2.15. The van der Waals surface area contributed by atoms with Crippen LogP contribution in [0.1, 0.15) is 18.6 Å². The first kappa shape index (κ1) is 15.2. The van der Waals surface area contributed by atoms with E-state index in [2.05, 4.69) is 0 Å². The third kappa shape index (κ3) is 3.39. The first-order valence-electron chi connectivity index (χ1n) is 7.68. The third-order valence-corrected chi connectivity index (χ3v) is 3.93. The first-order chi connectivity index (χ1) is 11.2. The molecule has 5 heteroatoms. The quantitative estimate of drug-likeness (QED) is 0.695. The van der Waals surface area contributed by atoms with Crippen molar-refractivity contribution in [2.24, 2.45) is 0 Å². The Hall–Kier alpha value is -2.69. The normalized spacial score (nSPS) is 14.6. The van der Waals surface area contributed by atoms with Crippen molar-refractivity contribution in [3.8, 4) is 17.1 Å². The number of nitrogens with two attached hydrogens (primary N) is 1. The summed E-state index contributed by atoms with van der Waals surface area (Å²) in [5.41, 5.74) is 7.22. The van der Waals surface area contributed by atoms with Gasteiger partial charge in [-0.1, -0.05) is 0 Å². The Morgan fingerprint density at radius 2 is 2.04 bits per heavy atom. The highest BCUT2D eigenvalue weighted by molar-refractivity contribution is 5.91. The van der Waals surface area contributed by atoms with Crippen LogP contribution in [-0.4, -0.2) is 31.0 Å². The molecule has 0 atom stereocenters. The Labute approximate surface area is 135 Å². The van der Waals surface area contributed by atoms with Gasteiger partial charge >= 0.3 is 0 Å². The zero-order valence-corrected chi connectivity index (χ0v) is 13.1. The van der Waals surface area contributed by atoms with Crippen molar-refractivity contribution in [3.05, 3.63) is 42.2 Å². The van der Waals surface area contributed by atoms with Gasteiger partial charge in [0.1, 0.15) is 17.3 Å². The average molecular weight is 312 g/mol. The summed E-state index contributed by atoms with van der Waals surface area (Å²) in [6, 6.07) is 9.10. The molecule has 0 spiro atoms. The predicted octanol–water partition coefficient (Wildman–Crippen LogP) is 3.17. The summed E-state index contributed by atoms with van der Waals surface area (Å²) in [6.45, 7) is 1.68. The van der Waals surface area contributed by atoms with E-state index in [0.717, 1.165) is 31.5 Å². The largest absolute Gasteiger partial charge is 0.496 e. The van der Waals surface area contributed by atoms with Crippen LogP contribution >= 0.6 is 0 Å². The molecule has 23 heavy (non-hydrogen) atoms. The molecule has 0 aliphatic carbocycles. The molecule has 0 radical (unpaired) electrons. The summed E-state index contributed by atoms with van der Waals surface area (Å²) in [4.78, 5) is 13.8. The van der Waals surface area contributed by atoms with Crippen LogP contribution in [-0.2, 0) is 4.79 Å². The fraction of sp³-hybridized carbons (Fsp3) is 0.278. The zero-order chi connectivity index (χ0) is 16.2. The van der Waals surface area contributed by atoms with E-state index in [1.54, 1.807) is 31.4 Å². The van der Waals surface area contributed by atoms with Crippen molar-refractivity contribution in [1.82, 2.24) is 4.90 Å². The van der Waals surface area contributed by atoms with Crippen molar-refractivity contribution in [1.29, 1.82) is 0 Å². The maximum Gasteiger partial charge on any atom is 0.246 e. The number of carbonyl (C=O) groups excluding carboxylic acids is 1. The number of amides is 1. The van der Waals surface area contributed by atoms with E-state index in [0.29, 0.717) is 23.0 Å². The van der Waals surface area contributed by atoms with Crippen LogP contribution in [0.4, 0.5) is 5.69 Å². The second-order valence-electron chi connectivity index (χ2n) is 5.53. The Morgan fingerprint density at radius 3 is 2.78 bits per heavy atom. The molecule has 0 saturated carbocycles. The topological polar surface area (TPSA) is 68.7 Å². The number of hydrogen-bond donors (Lipinski definition) is 1. The number of anilines is 1. The Bertz CT molecular complexity index is 728. The zero-order valence-electron chi connectivity index (χ0n) is 13.1. The molecule has 2 heterocycles. The predicted molar refractivity (Wildman–Crippen MR) is 90.0 cm³/mol.